The average molecular weight is 300 g/mol. The van der Waals surface area contributed by atoms with Crippen LogP contribution in [-0.4, -0.2) is 23.9 Å². The number of amides is 1. The molecule has 0 aromatic heterocycles. The minimum atomic E-state index is -0.311. The number of likely N-dealkylation sites (tertiary alicyclic amines) is 1. The summed E-state index contributed by atoms with van der Waals surface area (Å²) in [4.78, 5) is 13.8. The third-order valence-electron chi connectivity index (χ3n) is 3.05. The fourth-order valence-electron chi connectivity index (χ4n) is 2.08. The molecule has 1 aromatic rings. The quantitative estimate of drug-likeness (QED) is 0.821. The second-order valence-corrected chi connectivity index (χ2v) is 5.22. The number of carbonyl (C=O) groups excluding carboxylic acids is 1. The van der Waals surface area contributed by atoms with E-state index in [2.05, 4.69) is 15.9 Å². The van der Waals surface area contributed by atoms with Crippen molar-refractivity contribution in [2.75, 3.05) is 13.1 Å². The molecular weight excluding hydrogens is 285 g/mol. The number of piperidine rings is 1. The number of halogens is 2. The van der Waals surface area contributed by atoms with Gasteiger partial charge in [0.2, 0.25) is 5.91 Å². The molecule has 0 atom stereocenters. The molecule has 1 aliphatic rings. The molecule has 0 bridgehead atoms. The first-order chi connectivity index (χ1) is 8.16. The van der Waals surface area contributed by atoms with Gasteiger partial charge in [0, 0.05) is 13.1 Å². The van der Waals surface area contributed by atoms with Gasteiger partial charge in [-0.3, -0.25) is 4.79 Å². The zero-order valence-electron chi connectivity index (χ0n) is 9.59. The van der Waals surface area contributed by atoms with Crippen LogP contribution < -0.4 is 0 Å². The Morgan fingerprint density at radius 3 is 2.65 bits per heavy atom. The van der Waals surface area contributed by atoms with Crippen molar-refractivity contribution in [3.05, 3.63) is 34.1 Å². The molecule has 0 spiro atoms. The standard InChI is InChI=1S/C13H15BrFNO/c14-11-5-4-10(8-12(11)15)9-13(17)16-6-2-1-3-7-16/h4-5,8H,1-3,6-7,9H2. The summed E-state index contributed by atoms with van der Waals surface area (Å²) in [5.41, 5.74) is 0.737. The lowest BCUT2D eigenvalue weighted by atomic mass is 10.1. The van der Waals surface area contributed by atoms with E-state index in [0.717, 1.165) is 31.5 Å². The zero-order chi connectivity index (χ0) is 12.3. The van der Waals surface area contributed by atoms with Crippen molar-refractivity contribution in [2.24, 2.45) is 0 Å². The Morgan fingerprint density at radius 1 is 1.29 bits per heavy atom. The van der Waals surface area contributed by atoms with E-state index >= 15 is 0 Å². The van der Waals surface area contributed by atoms with E-state index in [4.69, 9.17) is 0 Å². The van der Waals surface area contributed by atoms with Gasteiger partial charge < -0.3 is 4.90 Å². The van der Waals surface area contributed by atoms with Crippen LogP contribution in [-0.2, 0) is 11.2 Å². The minimum absolute atomic E-state index is 0.103. The number of carbonyl (C=O) groups is 1. The molecule has 1 fully saturated rings. The Bertz CT molecular complexity index is 416. The third-order valence-corrected chi connectivity index (χ3v) is 3.69. The molecule has 1 amide bonds. The van der Waals surface area contributed by atoms with Crippen LogP contribution in [0, 0.1) is 5.82 Å². The van der Waals surface area contributed by atoms with E-state index in [9.17, 15) is 9.18 Å². The van der Waals surface area contributed by atoms with Gasteiger partial charge in [-0.1, -0.05) is 6.07 Å². The number of hydrogen-bond donors (Lipinski definition) is 0. The van der Waals surface area contributed by atoms with Crippen molar-refractivity contribution in [2.45, 2.75) is 25.7 Å². The van der Waals surface area contributed by atoms with Gasteiger partial charge >= 0.3 is 0 Å². The second kappa shape index (κ2) is 5.63. The molecule has 17 heavy (non-hydrogen) atoms. The van der Waals surface area contributed by atoms with Crippen LogP contribution in [0.1, 0.15) is 24.8 Å². The Labute approximate surface area is 109 Å². The molecule has 2 rings (SSSR count). The van der Waals surface area contributed by atoms with Crippen LogP contribution in [0.4, 0.5) is 4.39 Å². The zero-order valence-corrected chi connectivity index (χ0v) is 11.2. The van der Waals surface area contributed by atoms with Crippen molar-refractivity contribution in [3.8, 4) is 0 Å². The SMILES string of the molecule is O=C(Cc1ccc(Br)c(F)c1)N1CCCCC1. The van der Waals surface area contributed by atoms with Gasteiger partial charge in [0.25, 0.3) is 0 Å². The molecule has 0 radical (unpaired) electrons. The highest BCUT2D eigenvalue weighted by molar-refractivity contribution is 9.10. The van der Waals surface area contributed by atoms with Gasteiger partial charge in [0.05, 0.1) is 10.9 Å². The van der Waals surface area contributed by atoms with E-state index < -0.39 is 0 Å². The van der Waals surface area contributed by atoms with Gasteiger partial charge in [-0.25, -0.2) is 4.39 Å². The largest absolute Gasteiger partial charge is 0.342 e. The average Bonchev–Trinajstić information content (AvgIpc) is 2.35. The van der Waals surface area contributed by atoms with Gasteiger partial charge in [0.1, 0.15) is 5.82 Å². The maximum absolute atomic E-state index is 13.3. The summed E-state index contributed by atoms with van der Waals surface area (Å²) in [6.07, 6.45) is 3.67. The van der Waals surface area contributed by atoms with E-state index in [-0.39, 0.29) is 11.7 Å². The Balaban J connectivity index is 1.99. The minimum Gasteiger partial charge on any atom is -0.342 e. The fraction of sp³-hybridized carbons (Fsp3) is 0.462. The molecule has 4 heteroatoms. The molecule has 0 N–H and O–H groups in total. The number of benzene rings is 1. The van der Waals surface area contributed by atoms with Crippen molar-refractivity contribution in [1.29, 1.82) is 0 Å². The Morgan fingerprint density at radius 2 is 2.00 bits per heavy atom. The van der Waals surface area contributed by atoms with Crippen molar-refractivity contribution in [1.82, 2.24) is 4.90 Å². The molecule has 1 heterocycles. The number of nitrogens with zero attached hydrogens (tertiary/aromatic N) is 1. The van der Waals surface area contributed by atoms with Crippen LogP contribution in [0.25, 0.3) is 0 Å². The predicted octanol–water partition coefficient (Wildman–Crippen LogP) is 3.14. The van der Waals surface area contributed by atoms with Crippen molar-refractivity contribution in [3.63, 3.8) is 0 Å². The van der Waals surface area contributed by atoms with E-state index in [1.807, 2.05) is 4.90 Å². The third kappa shape index (κ3) is 3.28. The summed E-state index contributed by atoms with van der Waals surface area (Å²) in [6.45, 7) is 1.69. The van der Waals surface area contributed by atoms with Crippen LogP contribution in [0.2, 0.25) is 0 Å². The highest BCUT2D eigenvalue weighted by Crippen LogP contribution is 2.17. The monoisotopic (exact) mass is 299 g/mol. The lowest BCUT2D eigenvalue weighted by Gasteiger charge is -2.26. The summed E-state index contributed by atoms with van der Waals surface area (Å²) in [5, 5.41) is 0. The molecule has 0 unspecified atom stereocenters. The topological polar surface area (TPSA) is 20.3 Å². The highest BCUT2D eigenvalue weighted by atomic mass is 79.9. The van der Waals surface area contributed by atoms with Crippen LogP contribution in [0.5, 0.6) is 0 Å². The van der Waals surface area contributed by atoms with Crippen molar-refractivity contribution < 1.29 is 9.18 Å². The first kappa shape index (κ1) is 12.6. The number of rotatable bonds is 2. The van der Waals surface area contributed by atoms with Gasteiger partial charge in [-0.05, 0) is 52.9 Å². The lowest BCUT2D eigenvalue weighted by Crippen LogP contribution is -2.36. The van der Waals surface area contributed by atoms with E-state index in [1.54, 1.807) is 12.1 Å². The predicted molar refractivity (Wildman–Crippen MR) is 68.2 cm³/mol. The first-order valence-electron chi connectivity index (χ1n) is 5.88. The summed E-state index contributed by atoms with van der Waals surface area (Å²) in [7, 11) is 0. The van der Waals surface area contributed by atoms with Crippen LogP contribution in [0.15, 0.2) is 22.7 Å². The maximum Gasteiger partial charge on any atom is 0.226 e. The first-order valence-corrected chi connectivity index (χ1v) is 6.68. The molecule has 1 saturated heterocycles. The molecule has 0 saturated carbocycles. The van der Waals surface area contributed by atoms with Gasteiger partial charge in [-0.2, -0.15) is 0 Å². The summed E-state index contributed by atoms with van der Waals surface area (Å²) < 4.78 is 13.7. The molecular formula is C13H15BrFNO. The van der Waals surface area contributed by atoms with Gasteiger partial charge in [-0.15, -0.1) is 0 Å². The lowest BCUT2D eigenvalue weighted by molar-refractivity contribution is -0.131. The van der Waals surface area contributed by atoms with E-state index in [1.165, 1.54) is 12.5 Å². The summed E-state index contributed by atoms with van der Waals surface area (Å²) in [5.74, 6) is -0.208. The molecule has 0 aliphatic carbocycles. The normalized spacial score (nSPS) is 16.0. The summed E-state index contributed by atoms with van der Waals surface area (Å²) >= 11 is 3.10. The Hall–Kier alpha value is -0.900. The molecule has 2 nitrogen and oxygen atoms in total. The Kier molecular flexibility index (Phi) is 4.15. The summed E-state index contributed by atoms with van der Waals surface area (Å²) in [6, 6.07) is 4.86. The molecule has 1 aromatic carbocycles. The second-order valence-electron chi connectivity index (χ2n) is 4.37. The van der Waals surface area contributed by atoms with Gasteiger partial charge in [0.15, 0.2) is 0 Å². The fourth-order valence-corrected chi connectivity index (χ4v) is 2.33. The van der Waals surface area contributed by atoms with Crippen LogP contribution in [0.3, 0.4) is 0 Å². The number of hydrogen-bond acceptors (Lipinski definition) is 1. The molecule has 1 aliphatic heterocycles. The van der Waals surface area contributed by atoms with Crippen molar-refractivity contribution >= 4 is 21.8 Å². The van der Waals surface area contributed by atoms with E-state index in [0.29, 0.717) is 10.9 Å². The highest BCUT2D eigenvalue weighted by Gasteiger charge is 2.16. The maximum atomic E-state index is 13.3. The smallest absolute Gasteiger partial charge is 0.226 e. The molecule has 92 valence electrons. The van der Waals surface area contributed by atoms with Crippen LogP contribution >= 0.6 is 15.9 Å².